The third-order valence-electron chi connectivity index (χ3n) is 4.02. The summed E-state index contributed by atoms with van der Waals surface area (Å²) in [6.45, 7) is 7.01. The summed E-state index contributed by atoms with van der Waals surface area (Å²) in [5.74, 6) is -3.24. The summed E-state index contributed by atoms with van der Waals surface area (Å²) in [5, 5.41) is 3.42. The summed E-state index contributed by atoms with van der Waals surface area (Å²) >= 11 is 0. The Morgan fingerprint density at radius 3 is 2.45 bits per heavy atom. The van der Waals surface area contributed by atoms with Gasteiger partial charge in [0.15, 0.2) is 17.5 Å². The molecule has 1 fully saturated rings. The van der Waals surface area contributed by atoms with E-state index in [1.54, 1.807) is 0 Å². The zero-order valence-corrected chi connectivity index (χ0v) is 12.3. The molecule has 1 aliphatic carbocycles. The van der Waals surface area contributed by atoms with Crippen molar-refractivity contribution in [2.75, 3.05) is 6.54 Å². The van der Waals surface area contributed by atoms with Crippen LogP contribution in [-0.2, 0) is 0 Å². The maximum Gasteiger partial charge on any atom is 0.194 e. The van der Waals surface area contributed by atoms with Crippen molar-refractivity contribution in [2.24, 2.45) is 5.92 Å². The maximum atomic E-state index is 13.9. The number of hydrogen-bond acceptors (Lipinski definition) is 1. The summed E-state index contributed by atoms with van der Waals surface area (Å²) in [4.78, 5) is 0. The molecule has 0 bridgehead atoms. The fraction of sp³-hybridized carbons (Fsp3) is 0.625. The van der Waals surface area contributed by atoms with E-state index in [2.05, 4.69) is 26.1 Å². The van der Waals surface area contributed by atoms with Crippen molar-refractivity contribution in [3.8, 4) is 0 Å². The SMILES string of the molecule is CC(C)(C)NCC1CCCC1c1ccc(F)c(F)c1F. The van der Waals surface area contributed by atoms with E-state index in [1.807, 2.05) is 0 Å². The van der Waals surface area contributed by atoms with Crippen LogP contribution in [0.25, 0.3) is 0 Å². The predicted octanol–water partition coefficient (Wildman–Crippen LogP) is 4.38. The molecule has 1 aliphatic rings. The predicted molar refractivity (Wildman–Crippen MR) is 74.2 cm³/mol. The highest BCUT2D eigenvalue weighted by molar-refractivity contribution is 5.25. The molecule has 2 unspecified atom stereocenters. The van der Waals surface area contributed by atoms with Crippen LogP contribution >= 0.6 is 0 Å². The molecule has 20 heavy (non-hydrogen) atoms. The van der Waals surface area contributed by atoms with E-state index in [9.17, 15) is 13.2 Å². The van der Waals surface area contributed by atoms with E-state index in [-0.39, 0.29) is 17.4 Å². The molecule has 0 spiro atoms. The lowest BCUT2D eigenvalue weighted by molar-refractivity contribution is 0.349. The lowest BCUT2D eigenvalue weighted by Gasteiger charge is -2.27. The van der Waals surface area contributed by atoms with Crippen molar-refractivity contribution >= 4 is 0 Å². The Morgan fingerprint density at radius 1 is 1.10 bits per heavy atom. The summed E-state index contributed by atoms with van der Waals surface area (Å²) in [6.07, 6.45) is 2.82. The van der Waals surface area contributed by atoms with Crippen LogP contribution in [0.15, 0.2) is 12.1 Å². The van der Waals surface area contributed by atoms with Crippen molar-refractivity contribution in [2.45, 2.75) is 51.5 Å². The molecule has 1 N–H and O–H groups in total. The third-order valence-corrected chi connectivity index (χ3v) is 4.02. The topological polar surface area (TPSA) is 12.0 Å². The first-order chi connectivity index (χ1) is 9.29. The van der Waals surface area contributed by atoms with Crippen molar-refractivity contribution < 1.29 is 13.2 Å². The van der Waals surface area contributed by atoms with Gasteiger partial charge in [0.25, 0.3) is 0 Å². The molecule has 112 valence electrons. The van der Waals surface area contributed by atoms with Gasteiger partial charge in [-0.3, -0.25) is 0 Å². The number of rotatable bonds is 3. The minimum absolute atomic E-state index is 0.000267. The number of benzene rings is 1. The van der Waals surface area contributed by atoms with Gasteiger partial charge < -0.3 is 5.32 Å². The number of halogens is 3. The maximum absolute atomic E-state index is 13.9. The fourth-order valence-corrected chi connectivity index (χ4v) is 2.96. The van der Waals surface area contributed by atoms with Crippen molar-refractivity contribution in [1.82, 2.24) is 5.32 Å². The van der Waals surface area contributed by atoms with Crippen LogP contribution in [0.4, 0.5) is 13.2 Å². The van der Waals surface area contributed by atoms with Gasteiger partial charge in [-0.05, 0) is 63.6 Å². The van der Waals surface area contributed by atoms with Crippen LogP contribution in [0.5, 0.6) is 0 Å². The molecule has 4 heteroatoms. The molecule has 0 radical (unpaired) electrons. The van der Waals surface area contributed by atoms with E-state index in [4.69, 9.17) is 0 Å². The Labute approximate surface area is 118 Å². The first-order valence-corrected chi connectivity index (χ1v) is 7.18. The molecular formula is C16H22F3N. The average Bonchev–Trinajstić information content (AvgIpc) is 2.81. The van der Waals surface area contributed by atoms with Gasteiger partial charge in [0.05, 0.1) is 0 Å². The molecular weight excluding hydrogens is 263 g/mol. The Bertz CT molecular complexity index is 479. The molecule has 1 nitrogen and oxygen atoms in total. The van der Waals surface area contributed by atoms with Crippen LogP contribution in [-0.4, -0.2) is 12.1 Å². The number of nitrogens with one attached hydrogen (secondary N) is 1. The highest BCUT2D eigenvalue weighted by atomic mass is 19.2. The van der Waals surface area contributed by atoms with Gasteiger partial charge in [0, 0.05) is 5.54 Å². The second kappa shape index (κ2) is 5.76. The zero-order chi connectivity index (χ0) is 14.9. The molecule has 0 aliphatic heterocycles. The standard InChI is InChI=1S/C16H22F3N/c1-16(2,3)20-9-10-5-4-6-11(10)12-7-8-13(17)15(19)14(12)18/h7-8,10-11,20H,4-6,9H2,1-3H3. The van der Waals surface area contributed by atoms with Crippen LogP contribution in [0.1, 0.15) is 51.5 Å². The van der Waals surface area contributed by atoms with Crippen LogP contribution in [0, 0.1) is 23.4 Å². The second-order valence-electron chi connectivity index (χ2n) is 6.69. The quantitative estimate of drug-likeness (QED) is 0.813. The first-order valence-electron chi connectivity index (χ1n) is 7.18. The summed E-state index contributed by atoms with van der Waals surface area (Å²) in [6, 6.07) is 2.42. The molecule has 0 heterocycles. The smallest absolute Gasteiger partial charge is 0.194 e. The molecule has 1 aromatic rings. The number of hydrogen-bond donors (Lipinski definition) is 1. The van der Waals surface area contributed by atoms with E-state index in [1.165, 1.54) is 6.07 Å². The van der Waals surface area contributed by atoms with Gasteiger partial charge in [-0.15, -0.1) is 0 Å². The molecule has 1 aromatic carbocycles. The fourth-order valence-electron chi connectivity index (χ4n) is 2.96. The van der Waals surface area contributed by atoms with E-state index in [0.717, 1.165) is 31.9 Å². The van der Waals surface area contributed by atoms with Crippen LogP contribution in [0.3, 0.4) is 0 Å². The lowest BCUT2D eigenvalue weighted by atomic mass is 9.88. The zero-order valence-electron chi connectivity index (χ0n) is 12.3. The largest absolute Gasteiger partial charge is 0.312 e. The Hall–Kier alpha value is -1.03. The van der Waals surface area contributed by atoms with Gasteiger partial charge in [-0.25, -0.2) is 13.2 Å². The third kappa shape index (κ3) is 3.35. The molecule has 2 atom stereocenters. The summed E-state index contributed by atoms with van der Waals surface area (Å²) < 4.78 is 40.3. The molecule has 0 amide bonds. The van der Waals surface area contributed by atoms with Crippen molar-refractivity contribution in [1.29, 1.82) is 0 Å². The highest BCUT2D eigenvalue weighted by Crippen LogP contribution is 2.41. The van der Waals surface area contributed by atoms with Gasteiger partial charge >= 0.3 is 0 Å². The van der Waals surface area contributed by atoms with Gasteiger partial charge in [0.2, 0.25) is 0 Å². The van der Waals surface area contributed by atoms with Crippen LogP contribution < -0.4 is 5.32 Å². The Morgan fingerprint density at radius 2 is 1.80 bits per heavy atom. The Balaban J connectivity index is 2.17. The molecule has 1 saturated carbocycles. The average molecular weight is 285 g/mol. The second-order valence-corrected chi connectivity index (χ2v) is 6.69. The van der Waals surface area contributed by atoms with E-state index >= 15 is 0 Å². The summed E-state index contributed by atoms with van der Waals surface area (Å²) in [7, 11) is 0. The van der Waals surface area contributed by atoms with Crippen molar-refractivity contribution in [3.05, 3.63) is 35.1 Å². The first kappa shape index (κ1) is 15.4. The monoisotopic (exact) mass is 285 g/mol. The Kier molecular flexibility index (Phi) is 4.43. The van der Waals surface area contributed by atoms with Gasteiger partial charge in [-0.1, -0.05) is 12.5 Å². The molecule has 2 rings (SSSR count). The van der Waals surface area contributed by atoms with Crippen molar-refractivity contribution in [3.63, 3.8) is 0 Å². The normalized spacial score (nSPS) is 23.3. The van der Waals surface area contributed by atoms with E-state index < -0.39 is 17.5 Å². The van der Waals surface area contributed by atoms with Gasteiger partial charge in [-0.2, -0.15) is 0 Å². The molecule has 0 aromatic heterocycles. The molecule has 0 saturated heterocycles. The van der Waals surface area contributed by atoms with Crippen LogP contribution in [0.2, 0.25) is 0 Å². The minimum Gasteiger partial charge on any atom is -0.312 e. The minimum atomic E-state index is -1.35. The summed E-state index contributed by atoms with van der Waals surface area (Å²) in [5.41, 5.74) is 0.321. The highest BCUT2D eigenvalue weighted by Gasteiger charge is 2.32. The lowest BCUT2D eigenvalue weighted by Crippen LogP contribution is -2.39. The van der Waals surface area contributed by atoms with E-state index in [0.29, 0.717) is 5.56 Å². The van der Waals surface area contributed by atoms with Gasteiger partial charge in [0.1, 0.15) is 0 Å².